The number of nitrogens with one attached hydrogen (secondary N) is 1. The quantitative estimate of drug-likeness (QED) is 0.394. The normalized spacial score (nSPS) is 22.8. The summed E-state index contributed by atoms with van der Waals surface area (Å²) in [5, 5.41) is 3.80. The van der Waals surface area contributed by atoms with Crippen molar-refractivity contribution < 1.29 is 0 Å². The van der Waals surface area contributed by atoms with Crippen LogP contribution in [0.25, 0.3) is 0 Å². The molecule has 1 N–H and O–H groups in total. The fourth-order valence-electron chi connectivity index (χ4n) is 3.22. The maximum absolute atomic E-state index is 3.82. The van der Waals surface area contributed by atoms with E-state index in [1.807, 2.05) is 17.8 Å². The number of anilines is 1. The molecule has 0 spiro atoms. The summed E-state index contributed by atoms with van der Waals surface area (Å²) in [6.45, 7) is 8.57. The lowest BCUT2D eigenvalue weighted by molar-refractivity contribution is 0.341. The van der Waals surface area contributed by atoms with Crippen LogP contribution < -0.4 is 5.32 Å². The second kappa shape index (κ2) is 8.53. The number of thioether (sulfide) groups is 1. The summed E-state index contributed by atoms with van der Waals surface area (Å²) in [6, 6.07) is 9.33. The SMILES string of the molecule is C=CCSc1ccccc1NC1CCCC(C(C)C)CC1. The number of rotatable bonds is 6. The van der Waals surface area contributed by atoms with E-state index in [0.717, 1.165) is 17.6 Å². The van der Waals surface area contributed by atoms with Gasteiger partial charge in [-0.1, -0.05) is 44.9 Å². The van der Waals surface area contributed by atoms with E-state index >= 15 is 0 Å². The van der Waals surface area contributed by atoms with Crippen molar-refractivity contribution in [2.24, 2.45) is 11.8 Å². The lowest BCUT2D eigenvalue weighted by atomic mass is 9.89. The first-order chi connectivity index (χ1) is 10.2. The van der Waals surface area contributed by atoms with Gasteiger partial charge in [-0.15, -0.1) is 18.3 Å². The molecular formula is C19H29NS. The molecule has 0 radical (unpaired) electrons. The maximum Gasteiger partial charge on any atom is 0.0480 e. The highest BCUT2D eigenvalue weighted by Gasteiger charge is 2.21. The fraction of sp³-hybridized carbons (Fsp3) is 0.579. The molecule has 0 aliphatic heterocycles. The molecule has 0 heterocycles. The van der Waals surface area contributed by atoms with Crippen LogP contribution in [0.3, 0.4) is 0 Å². The summed E-state index contributed by atoms with van der Waals surface area (Å²) >= 11 is 1.87. The van der Waals surface area contributed by atoms with Crippen LogP contribution in [-0.4, -0.2) is 11.8 Å². The van der Waals surface area contributed by atoms with E-state index in [1.165, 1.54) is 42.7 Å². The van der Waals surface area contributed by atoms with Crippen molar-refractivity contribution in [2.75, 3.05) is 11.1 Å². The molecule has 1 aliphatic carbocycles. The molecule has 2 atom stereocenters. The zero-order chi connectivity index (χ0) is 15.1. The second-order valence-corrected chi connectivity index (χ2v) is 7.51. The van der Waals surface area contributed by atoms with Crippen LogP contribution in [-0.2, 0) is 0 Å². The van der Waals surface area contributed by atoms with Gasteiger partial charge in [0, 0.05) is 22.4 Å². The van der Waals surface area contributed by atoms with Gasteiger partial charge in [0.2, 0.25) is 0 Å². The summed E-state index contributed by atoms with van der Waals surface area (Å²) < 4.78 is 0. The van der Waals surface area contributed by atoms with Gasteiger partial charge in [0.15, 0.2) is 0 Å². The van der Waals surface area contributed by atoms with Crippen LogP contribution in [0.4, 0.5) is 5.69 Å². The van der Waals surface area contributed by atoms with Gasteiger partial charge in [-0.25, -0.2) is 0 Å². The van der Waals surface area contributed by atoms with Crippen LogP contribution in [0.5, 0.6) is 0 Å². The Hall–Kier alpha value is -0.890. The summed E-state index contributed by atoms with van der Waals surface area (Å²) in [7, 11) is 0. The fourth-order valence-corrected chi connectivity index (χ4v) is 3.98. The van der Waals surface area contributed by atoms with Gasteiger partial charge in [-0.3, -0.25) is 0 Å². The Bertz CT molecular complexity index is 441. The maximum atomic E-state index is 3.82. The lowest BCUT2D eigenvalue weighted by Gasteiger charge is -2.21. The van der Waals surface area contributed by atoms with Crippen molar-refractivity contribution in [3.05, 3.63) is 36.9 Å². The Balaban J connectivity index is 1.96. The number of hydrogen-bond donors (Lipinski definition) is 1. The average Bonchev–Trinajstić information content (AvgIpc) is 2.72. The van der Waals surface area contributed by atoms with Crippen molar-refractivity contribution in [1.82, 2.24) is 0 Å². The van der Waals surface area contributed by atoms with Crippen LogP contribution in [0.15, 0.2) is 41.8 Å². The van der Waals surface area contributed by atoms with Crippen molar-refractivity contribution >= 4 is 17.4 Å². The molecule has 0 saturated heterocycles. The predicted molar refractivity (Wildman–Crippen MR) is 96.2 cm³/mol. The Labute approximate surface area is 134 Å². The minimum atomic E-state index is 0.638. The van der Waals surface area contributed by atoms with E-state index in [2.05, 4.69) is 50.0 Å². The monoisotopic (exact) mass is 303 g/mol. The van der Waals surface area contributed by atoms with Crippen molar-refractivity contribution in [2.45, 2.75) is 56.9 Å². The smallest absolute Gasteiger partial charge is 0.0480 e. The largest absolute Gasteiger partial charge is 0.381 e. The van der Waals surface area contributed by atoms with Crippen LogP contribution in [0.1, 0.15) is 46.0 Å². The van der Waals surface area contributed by atoms with Crippen LogP contribution >= 0.6 is 11.8 Å². The van der Waals surface area contributed by atoms with Gasteiger partial charge in [-0.2, -0.15) is 0 Å². The molecular weight excluding hydrogens is 274 g/mol. The van der Waals surface area contributed by atoms with E-state index in [1.54, 1.807) is 0 Å². The minimum absolute atomic E-state index is 0.638. The third-order valence-electron chi connectivity index (χ3n) is 4.56. The van der Waals surface area contributed by atoms with Crippen molar-refractivity contribution in [3.8, 4) is 0 Å². The highest BCUT2D eigenvalue weighted by Crippen LogP contribution is 2.32. The molecule has 0 bridgehead atoms. The van der Waals surface area contributed by atoms with Gasteiger partial charge in [0.05, 0.1) is 0 Å². The summed E-state index contributed by atoms with van der Waals surface area (Å²) in [5.74, 6) is 2.72. The summed E-state index contributed by atoms with van der Waals surface area (Å²) in [4.78, 5) is 1.35. The Morgan fingerprint density at radius 2 is 2.05 bits per heavy atom. The van der Waals surface area contributed by atoms with Crippen LogP contribution in [0, 0.1) is 11.8 Å². The van der Waals surface area contributed by atoms with E-state index < -0.39 is 0 Å². The predicted octanol–water partition coefficient (Wildman–Crippen LogP) is 5.98. The molecule has 1 saturated carbocycles. The van der Waals surface area contributed by atoms with Crippen molar-refractivity contribution in [3.63, 3.8) is 0 Å². The van der Waals surface area contributed by atoms with Gasteiger partial charge in [0.25, 0.3) is 0 Å². The molecule has 0 amide bonds. The zero-order valence-corrected chi connectivity index (χ0v) is 14.3. The highest BCUT2D eigenvalue weighted by atomic mass is 32.2. The van der Waals surface area contributed by atoms with Gasteiger partial charge < -0.3 is 5.32 Å². The Morgan fingerprint density at radius 3 is 2.81 bits per heavy atom. The Morgan fingerprint density at radius 1 is 1.24 bits per heavy atom. The third-order valence-corrected chi connectivity index (χ3v) is 5.63. The minimum Gasteiger partial charge on any atom is -0.381 e. The van der Waals surface area contributed by atoms with Crippen molar-refractivity contribution in [1.29, 1.82) is 0 Å². The first-order valence-corrected chi connectivity index (χ1v) is 9.28. The summed E-state index contributed by atoms with van der Waals surface area (Å²) in [5.41, 5.74) is 1.30. The second-order valence-electron chi connectivity index (χ2n) is 6.45. The molecule has 2 heteroatoms. The molecule has 1 aromatic rings. The number of para-hydroxylation sites is 1. The number of benzene rings is 1. The molecule has 1 nitrogen and oxygen atoms in total. The first-order valence-electron chi connectivity index (χ1n) is 8.30. The van der Waals surface area contributed by atoms with E-state index in [0.29, 0.717) is 6.04 Å². The van der Waals surface area contributed by atoms with Gasteiger partial charge in [-0.05, 0) is 43.2 Å². The molecule has 116 valence electrons. The molecule has 1 aromatic carbocycles. The van der Waals surface area contributed by atoms with E-state index in [-0.39, 0.29) is 0 Å². The molecule has 2 unspecified atom stereocenters. The molecule has 0 aromatic heterocycles. The average molecular weight is 304 g/mol. The summed E-state index contributed by atoms with van der Waals surface area (Å²) in [6.07, 6.45) is 8.73. The third kappa shape index (κ3) is 5.10. The van der Waals surface area contributed by atoms with Gasteiger partial charge >= 0.3 is 0 Å². The van der Waals surface area contributed by atoms with E-state index in [9.17, 15) is 0 Å². The Kier molecular flexibility index (Phi) is 6.69. The van der Waals surface area contributed by atoms with E-state index in [4.69, 9.17) is 0 Å². The molecule has 1 fully saturated rings. The zero-order valence-electron chi connectivity index (χ0n) is 13.5. The standard InChI is InChI=1S/C19H29NS/c1-4-14-21-19-11-6-5-10-18(19)20-17-9-7-8-16(12-13-17)15(2)3/h4-6,10-11,15-17,20H,1,7-9,12-14H2,2-3H3. The van der Waals surface area contributed by atoms with Gasteiger partial charge in [0.1, 0.15) is 0 Å². The van der Waals surface area contributed by atoms with Crippen LogP contribution in [0.2, 0.25) is 0 Å². The number of hydrogen-bond acceptors (Lipinski definition) is 2. The topological polar surface area (TPSA) is 12.0 Å². The molecule has 1 aliphatic rings. The molecule has 21 heavy (non-hydrogen) atoms. The highest BCUT2D eigenvalue weighted by molar-refractivity contribution is 7.99. The lowest BCUT2D eigenvalue weighted by Crippen LogP contribution is -2.19. The first kappa shape index (κ1) is 16.5. The molecule has 2 rings (SSSR count).